The topological polar surface area (TPSA) is 4.93 Å². The lowest BCUT2D eigenvalue weighted by molar-refractivity contribution is 0.730. The molecule has 12 rings (SSSR count). The first-order valence-corrected chi connectivity index (χ1v) is 17.3. The first-order chi connectivity index (χ1) is 24.4. The summed E-state index contributed by atoms with van der Waals surface area (Å²) < 4.78 is 2.62. The van der Waals surface area contributed by atoms with E-state index in [1.54, 1.807) is 0 Å². The van der Waals surface area contributed by atoms with Crippen molar-refractivity contribution in [2.45, 2.75) is 10.8 Å². The summed E-state index contributed by atoms with van der Waals surface area (Å²) in [6.45, 7) is 0. The average Bonchev–Trinajstić information content (AvgIpc) is 3.92. The van der Waals surface area contributed by atoms with Crippen LogP contribution in [0.15, 0.2) is 176 Å². The fourth-order valence-corrected chi connectivity index (χ4v) is 10.5. The van der Waals surface area contributed by atoms with Crippen LogP contribution in [-0.4, -0.2) is 4.57 Å². The SMILES string of the molecule is c1ccc(-n2c3c(c4c2-c2ccccc2C42c4ccccc4-c4ccccc42)C2(c4ccccc4-c4ccccc42)c2ccccc2-3)cc1. The second-order valence-corrected chi connectivity index (χ2v) is 13.9. The normalized spacial score (nSPS) is 15.3. The molecule has 0 unspecified atom stereocenters. The van der Waals surface area contributed by atoms with Crippen molar-refractivity contribution in [1.82, 2.24) is 4.57 Å². The molecule has 0 bridgehead atoms. The standard InChI is InChI=1S/C48H29N/c1-2-16-30(17-3-1)49-45-35-22-8-14-28-41(35)47(37-24-10-4-18-31(37)32-19-5-11-25-38(32)47)43(45)44-46(49)36-23-9-15-29-42(36)48(44)39-26-12-6-20-33(39)34-21-7-13-27-40(34)48/h1-29H. The van der Waals surface area contributed by atoms with Gasteiger partial charge in [-0.1, -0.05) is 164 Å². The van der Waals surface area contributed by atoms with Crippen molar-refractivity contribution in [1.29, 1.82) is 0 Å². The molecule has 0 fully saturated rings. The summed E-state index contributed by atoms with van der Waals surface area (Å²) in [6.07, 6.45) is 0. The van der Waals surface area contributed by atoms with E-state index < -0.39 is 10.8 Å². The Labute approximate surface area is 285 Å². The lowest BCUT2D eigenvalue weighted by Crippen LogP contribution is -2.32. The van der Waals surface area contributed by atoms with Gasteiger partial charge in [-0.15, -0.1) is 0 Å². The van der Waals surface area contributed by atoms with Gasteiger partial charge < -0.3 is 4.57 Å². The van der Waals surface area contributed by atoms with Gasteiger partial charge in [0, 0.05) is 27.9 Å². The van der Waals surface area contributed by atoms with Crippen LogP contribution < -0.4 is 0 Å². The Morgan fingerprint density at radius 2 is 0.531 bits per heavy atom. The summed E-state index contributed by atoms with van der Waals surface area (Å²) in [6, 6.07) is 66.3. The molecule has 4 aliphatic rings. The molecule has 2 spiro atoms. The van der Waals surface area contributed by atoms with Crippen molar-refractivity contribution in [3.8, 4) is 50.5 Å². The molecule has 226 valence electrons. The predicted octanol–water partition coefficient (Wildman–Crippen LogP) is 11.2. The van der Waals surface area contributed by atoms with E-state index in [1.807, 2.05) is 0 Å². The lowest BCUT2D eigenvalue weighted by Gasteiger charge is -2.36. The van der Waals surface area contributed by atoms with E-state index in [1.165, 1.54) is 95.0 Å². The minimum absolute atomic E-state index is 0.481. The summed E-state index contributed by atoms with van der Waals surface area (Å²) in [5.41, 5.74) is 21.9. The predicted molar refractivity (Wildman–Crippen MR) is 198 cm³/mol. The lowest BCUT2D eigenvalue weighted by atomic mass is 9.63. The number of benzene rings is 7. The Balaban J connectivity index is 1.39. The molecule has 7 aromatic carbocycles. The van der Waals surface area contributed by atoms with Crippen molar-refractivity contribution >= 4 is 0 Å². The first kappa shape index (κ1) is 25.9. The maximum Gasteiger partial charge on any atom is 0.0744 e. The van der Waals surface area contributed by atoms with E-state index in [-0.39, 0.29) is 0 Å². The molecule has 1 nitrogen and oxygen atoms in total. The molecule has 1 aromatic heterocycles. The third kappa shape index (κ3) is 2.73. The molecule has 0 saturated carbocycles. The largest absolute Gasteiger partial charge is 0.309 e. The van der Waals surface area contributed by atoms with Gasteiger partial charge in [-0.25, -0.2) is 0 Å². The Kier molecular flexibility index (Phi) is 4.66. The third-order valence-corrected chi connectivity index (χ3v) is 12.0. The van der Waals surface area contributed by atoms with E-state index in [4.69, 9.17) is 0 Å². The molecule has 0 atom stereocenters. The molecule has 0 radical (unpaired) electrons. The zero-order valence-electron chi connectivity index (χ0n) is 26.7. The molecule has 1 heterocycles. The molecule has 8 aromatic rings. The van der Waals surface area contributed by atoms with Crippen LogP contribution in [-0.2, 0) is 10.8 Å². The molecule has 0 amide bonds. The van der Waals surface area contributed by atoms with E-state index in [0.29, 0.717) is 0 Å². The Hall–Kier alpha value is -6.18. The maximum absolute atomic E-state index is 2.62. The Morgan fingerprint density at radius 1 is 0.265 bits per heavy atom. The van der Waals surface area contributed by atoms with Crippen LogP contribution >= 0.6 is 0 Å². The van der Waals surface area contributed by atoms with Gasteiger partial charge in [0.25, 0.3) is 0 Å². The average molecular weight is 620 g/mol. The quantitative estimate of drug-likeness (QED) is 0.172. The number of hydrogen-bond acceptors (Lipinski definition) is 0. The summed E-state index contributed by atoms with van der Waals surface area (Å²) in [7, 11) is 0. The molecule has 49 heavy (non-hydrogen) atoms. The van der Waals surface area contributed by atoms with Crippen LogP contribution in [0.2, 0.25) is 0 Å². The highest BCUT2D eigenvalue weighted by atomic mass is 15.0. The molecule has 4 aliphatic carbocycles. The highest BCUT2D eigenvalue weighted by Crippen LogP contribution is 2.72. The summed E-state index contributed by atoms with van der Waals surface area (Å²) in [5, 5.41) is 0. The minimum atomic E-state index is -0.481. The Morgan fingerprint density at radius 3 is 0.878 bits per heavy atom. The monoisotopic (exact) mass is 619 g/mol. The van der Waals surface area contributed by atoms with E-state index in [2.05, 4.69) is 180 Å². The van der Waals surface area contributed by atoms with Gasteiger partial charge in [0.2, 0.25) is 0 Å². The van der Waals surface area contributed by atoms with Crippen LogP contribution in [0.5, 0.6) is 0 Å². The van der Waals surface area contributed by atoms with Crippen LogP contribution in [0.25, 0.3) is 50.5 Å². The van der Waals surface area contributed by atoms with Crippen molar-refractivity contribution in [3.05, 3.63) is 220 Å². The number of aromatic nitrogens is 1. The first-order valence-electron chi connectivity index (χ1n) is 17.3. The fourth-order valence-electron chi connectivity index (χ4n) is 10.5. The Bertz CT molecular complexity index is 2460. The summed E-state index contributed by atoms with van der Waals surface area (Å²) in [5.74, 6) is 0. The molecule has 0 aliphatic heterocycles. The number of nitrogens with zero attached hydrogens (tertiary/aromatic N) is 1. The van der Waals surface area contributed by atoms with Gasteiger partial charge in [-0.05, 0) is 67.8 Å². The van der Waals surface area contributed by atoms with Gasteiger partial charge in [0.15, 0.2) is 0 Å². The second-order valence-electron chi connectivity index (χ2n) is 13.9. The van der Waals surface area contributed by atoms with E-state index in [0.717, 1.165) is 0 Å². The molecular formula is C48H29N. The number of hydrogen-bond donors (Lipinski definition) is 0. The number of rotatable bonds is 1. The molecule has 1 heteroatoms. The van der Waals surface area contributed by atoms with Crippen molar-refractivity contribution in [2.75, 3.05) is 0 Å². The van der Waals surface area contributed by atoms with Crippen LogP contribution in [0.3, 0.4) is 0 Å². The van der Waals surface area contributed by atoms with Crippen molar-refractivity contribution in [2.24, 2.45) is 0 Å². The fraction of sp³-hybridized carbons (Fsp3) is 0.0417. The third-order valence-electron chi connectivity index (χ3n) is 12.0. The van der Waals surface area contributed by atoms with Crippen LogP contribution in [0.1, 0.15) is 44.5 Å². The zero-order chi connectivity index (χ0) is 31.9. The van der Waals surface area contributed by atoms with Gasteiger partial charge >= 0.3 is 0 Å². The maximum atomic E-state index is 2.62. The van der Waals surface area contributed by atoms with Crippen LogP contribution in [0, 0.1) is 0 Å². The van der Waals surface area contributed by atoms with Gasteiger partial charge in [-0.3, -0.25) is 0 Å². The van der Waals surface area contributed by atoms with Crippen molar-refractivity contribution < 1.29 is 0 Å². The van der Waals surface area contributed by atoms with Crippen LogP contribution in [0.4, 0.5) is 0 Å². The summed E-state index contributed by atoms with van der Waals surface area (Å²) >= 11 is 0. The number of para-hydroxylation sites is 1. The number of fused-ring (bicyclic) bond motifs is 21. The van der Waals surface area contributed by atoms with Gasteiger partial charge in [0.05, 0.1) is 22.2 Å². The second kappa shape index (κ2) is 8.83. The van der Waals surface area contributed by atoms with E-state index >= 15 is 0 Å². The van der Waals surface area contributed by atoms with Gasteiger partial charge in [-0.2, -0.15) is 0 Å². The van der Waals surface area contributed by atoms with Crippen molar-refractivity contribution in [3.63, 3.8) is 0 Å². The molecule has 0 N–H and O–H groups in total. The highest BCUT2D eigenvalue weighted by molar-refractivity contribution is 6.03. The summed E-state index contributed by atoms with van der Waals surface area (Å²) in [4.78, 5) is 0. The molecular weight excluding hydrogens is 591 g/mol. The minimum Gasteiger partial charge on any atom is -0.309 e. The zero-order valence-corrected chi connectivity index (χ0v) is 26.7. The molecule has 0 saturated heterocycles. The van der Waals surface area contributed by atoms with Gasteiger partial charge in [0.1, 0.15) is 0 Å². The smallest absolute Gasteiger partial charge is 0.0744 e. The highest BCUT2D eigenvalue weighted by Gasteiger charge is 2.62. The van der Waals surface area contributed by atoms with E-state index in [9.17, 15) is 0 Å².